The summed E-state index contributed by atoms with van der Waals surface area (Å²) in [6.07, 6.45) is 6.51. The van der Waals surface area contributed by atoms with Crippen LogP contribution in [0.1, 0.15) is 15.9 Å². The van der Waals surface area contributed by atoms with E-state index in [2.05, 4.69) is 27.3 Å². The number of amides is 1. The third-order valence-electron chi connectivity index (χ3n) is 3.79. The lowest BCUT2D eigenvalue weighted by atomic mass is 10.2. The van der Waals surface area contributed by atoms with Crippen LogP contribution in [0.2, 0.25) is 0 Å². The molecule has 0 radical (unpaired) electrons. The fourth-order valence-corrected chi connectivity index (χ4v) is 4.45. The maximum atomic E-state index is 12.5. The SMILES string of the molecule is C#CCNS(=O)(=O)c1cccc(C(=O)Nc2ccc(CS(=O)(=O)NCC=C)cc2)c1. The molecule has 0 spiro atoms. The molecule has 0 aliphatic rings. The van der Waals surface area contributed by atoms with Crippen molar-refractivity contribution in [2.75, 3.05) is 18.4 Å². The van der Waals surface area contributed by atoms with E-state index in [1.165, 1.54) is 30.3 Å². The van der Waals surface area contributed by atoms with Gasteiger partial charge < -0.3 is 5.32 Å². The number of anilines is 1. The zero-order chi connectivity index (χ0) is 22.2. The smallest absolute Gasteiger partial charge is 0.255 e. The van der Waals surface area contributed by atoms with Gasteiger partial charge in [-0.25, -0.2) is 21.6 Å². The summed E-state index contributed by atoms with van der Waals surface area (Å²) in [5.74, 6) is 1.45. The first-order chi connectivity index (χ1) is 14.2. The van der Waals surface area contributed by atoms with E-state index >= 15 is 0 Å². The first-order valence-corrected chi connectivity index (χ1v) is 11.8. The molecule has 0 saturated heterocycles. The fraction of sp³-hybridized carbons (Fsp3) is 0.150. The van der Waals surface area contributed by atoms with Gasteiger partial charge in [-0.05, 0) is 35.9 Å². The van der Waals surface area contributed by atoms with Gasteiger partial charge in [-0.3, -0.25) is 4.79 Å². The van der Waals surface area contributed by atoms with Crippen molar-refractivity contribution in [3.63, 3.8) is 0 Å². The average Bonchev–Trinajstić information content (AvgIpc) is 2.72. The summed E-state index contributed by atoms with van der Waals surface area (Å²) >= 11 is 0. The minimum atomic E-state index is -3.82. The van der Waals surface area contributed by atoms with Crippen LogP contribution in [-0.2, 0) is 25.8 Å². The summed E-state index contributed by atoms with van der Waals surface area (Å²) in [6, 6.07) is 11.8. The van der Waals surface area contributed by atoms with Crippen molar-refractivity contribution in [1.82, 2.24) is 9.44 Å². The summed E-state index contributed by atoms with van der Waals surface area (Å²) in [5, 5.41) is 2.64. The number of carbonyl (C=O) groups is 1. The molecule has 0 aromatic heterocycles. The van der Waals surface area contributed by atoms with Crippen LogP contribution < -0.4 is 14.8 Å². The number of benzene rings is 2. The number of terminal acetylenes is 1. The minimum Gasteiger partial charge on any atom is -0.322 e. The molecule has 0 fully saturated rings. The predicted molar refractivity (Wildman–Crippen MR) is 116 cm³/mol. The number of nitrogens with one attached hydrogen (secondary N) is 3. The van der Waals surface area contributed by atoms with E-state index in [1.807, 2.05) is 0 Å². The summed E-state index contributed by atoms with van der Waals surface area (Å²) in [7, 11) is -7.31. The maximum Gasteiger partial charge on any atom is 0.255 e. The van der Waals surface area contributed by atoms with Crippen LogP contribution in [0, 0.1) is 12.3 Å². The molecule has 0 heterocycles. The number of hydrogen-bond acceptors (Lipinski definition) is 5. The summed E-state index contributed by atoms with van der Waals surface area (Å²) in [4.78, 5) is 12.4. The maximum absolute atomic E-state index is 12.5. The Bertz CT molecular complexity index is 1170. The van der Waals surface area contributed by atoms with Crippen LogP contribution >= 0.6 is 0 Å². The molecule has 2 aromatic carbocycles. The lowest BCUT2D eigenvalue weighted by Gasteiger charge is -2.09. The molecule has 0 aliphatic carbocycles. The molecular weight excluding hydrogens is 426 g/mol. The van der Waals surface area contributed by atoms with E-state index < -0.39 is 26.0 Å². The van der Waals surface area contributed by atoms with E-state index in [1.54, 1.807) is 24.3 Å². The first-order valence-electron chi connectivity index (χ1n) is 8.68. The highest BCUT2D eigenvalue weighted by molar-refractivity contribution is 7.89. The van der Waals surface area contributed by atoms with Crippen molar-refractivity contribution >= 4 is 31.6 Å². The highest BCUT2D eigenvalue weighted by Crippen LogP contribution is 2.15. The van der Waals surface area contributed by atoms with Gasteiger partial charge in [0.25, 0.3) is 5.91 Å². The van der Waals surface area contributed by atoms with Crippen LogP contribution in [-0.4, -0.2) is 35.8 Å². The fourth-order valence-electron chi connectivity index (χ4n) is 2.37. The molecule has 1 amide bonds. The van der Waals surface area contributed by atoms with Crippen LogP contribution in [0.4, 0.5) is 5.69 Å². The van der Waals surface area contributed by atoms with Crippen LogP contribution in [0.5, 0.6) is 0 Å². The van der Waals surface area contributed by atoms with Crippen LogP contribution in [0.3, 0.4) is 0 Å². The second kappa shape index (κ2) is 10.2. The Kier molecular flexibility index (Phi) is 7.91. The van der Waals surface area contributed by atoms with Crippen LogP contribution in [0.25, 0.3) is 0 Å². The number of sulfonamides is 2. The summed E-state index contributed by atoms with van der Waals surface area (Å²) in [5.41, 5.74) is 1.11. The summed E-state index contributed by atoms with van der Waals surface area (Å²) < 4.78 is 52.7. The van der Waals surface area contributed by atoms with Gasteiger partial charge in [0.1, 0.15) is 0 Å². The third-order valence-corrected chi connectivity index (χ3v) is 6.51. The molecule has 0 aliphatic heterocycles. The van der Waals surface area contributed by atoms with Gasteiger partial charge in [0, 0.05) is 17.8 Å². The Morgan fingerprint density at radius 1 is 1.07 bits per heavy atom. The van der Waals surface area contributed by atoms with Gasteiger partial charge in [-0.15, -0.1) is 13.0 Å². The van der Waals surface area contributed by atoms with Crippen molar-refractivity contribution in [2.45, 2.75) is 10.6 Å². The Hall–Kier alpha value is -2.97. The molecule has 2 aromatic rings. The normalized spacial score (nSPS) is 11.4. The third kappa shape index (κ3) is 6.82. The zero-order valence-corrected chi connectivity index (χ0v) is 17.6. The van der Waals surface area contributed by atoms with Crippen molar-refractivity contribution in [3.05, 3.63) is 72.3 Å². The van der Waals surface area contributed by atoms with E-state index in [9.17, 15) is 21.6 Å². The minimum absolute atomic E-state index is 0.0852. The molecule has 2 rings (SSSR count). The highest BCUT2D eigenvalue weighted by Gasteiger charge is 2.16. The van der Waals surface area contributed by atoms with E-state index in [0.717, 1.165) is 0 Å². The monoisotopic (exact) mass is 447 g/mol. The second-order valence-electron chi connectivity index (χ2n) is 6.10. The molecule has 0 saturated carbocycles. The topological polar surface area (TPSA) is 121 Å². The molecule has 0 unspecified atom stereocenters. The van der Waals surface area contributed by atoms with Crippen molar-refractivity contribution in [2.24, 2.45) is 0 Å². The number of rotatable bonds is 10. The molecule has 158 valence electrons. The van der Waals surface area contributed by atoms with Gasteiger partial charge in [0.05, 0.1) is 17.2 Å². The Morgan fingerprint density at radius 2 is 1.77 bits per heavy atom. The van der Waals surface area contributed by atoms with Crippen molar-refractivity contribution in [1.29, 1.82) is 0 Å². The second-order valence-corrected chi connectivity index (χ2v) is 9.68. The van der Waals surface area contributed by atoms with Gasteiger partial charge in [-0.1, -0.05) is 30.2 Å². The molecule has 10 heteroatoms. The molecule has 0 atom stereocenters. The number of carbonyl (C=O) groups excluding carboxylic acids is 1. The molecular formula is C20H21N3O5S2. The van der Waals surface area contributed by atoms with Crippen molar-refractivity contribution in [3.8, 4) is 12.3 Å². The number of hydrogen-bond donors (Lipinski definition) is 3. The standard InChI is InChI=1S/C20H21N3O5S2/c1-3-12-21-29(25,26)15-16-8-10-18(11-9-16)23-20(24)17-6-5-7-19(14-17)30(27,28)22-13-4-2/h2-3,5-11,14,21-22H,1,12-13,15H2,(H,23,24). The van der Waals surface area contributed by atoms with E-state index in [4.69, 9.17) is 6.42 Å². The predicted octanol–water partition coefficient (Wildman–Crippen LogP) is 1.46. The van der Waals surface area contributed by atoms with Crippen molar-refractivity contribution < 1.29 is 21.6 Å². The van der Waals surface area contributed by atoms with Gasteiger partial charge in [-0.2, -0.15) is 4.72 Å². The van der Waals surface area contributed by atoms with Gasteiger partial charge in [0.15, 0.2) is 0 Å². The summed E-state index contributed by atoms with van der Waals surface area (Å²) in [6.45, 7) is 3.43. The Morgan fingerprint density at radius 3 is 2.40 bits per heavy atom. The Labute approximate surface area is 176 Å². The lowest BCUT2D eigenvalue weighted by Crippen LogP contribution is -2.25. The zero-order valence-electron chi connectivity index (χ0n) is 16.0. The lowest BCUT2D eigenvalue weighted by molar-refractivity contribution is 0.102. The molecule has 3 N–H and O–H groups in total. The molecule has 8 nitrogen and oxygen atoms in total. The quantitative estimate of drug-likeness (QED) is 0.376. The average molecular weight is 448 g/mol. The van der Waals surface area contributed by atoms with Gasteiger partial charge >= 0.3 is 0 Å². The van der Waals surface area contributed by atoms with E-state index in [-0.39, 0.29) is 29.3 Å². The van der Waals surface area contributed by atoms with Gasteiger partial charge in [0.2, 0.25) is 20.0 Å². The van der Waals surface area contributed by atoms with Crippen LogP contribution in [0.15, 0.2) is 66.1 Å². The Balaban J connectivity index is 2.09. The molecule has 0 bridgehead atoms. The van der Waals surface area contributed by atoms with E-state index in [0.29, 0.717) is 11.3 Å². The largest absolute Gasteiger partial charge is 0.322 e. The molecule has 30 heavy (non-hydrogen) atoms. The first kappa shape index (κ1) is 23.3. The highest BCUT2D eigenvalue weighted by atomic mass is 32.2.